The number of carbonyl (C=O) groups excluding carboxylic acids is 1. The van der Waals surface area contributed by atoms with Crippen LogP contribution in [-0.2, 0) is 12.8 Å². The van der Waals surface area contributed by atoms with Crippen LogP contribution in [-0.4, -0.2) is 12.7 Å². The van der Waals surface area contributed by atoms with Gasteiger partial charge in [0.15, 0.2) is 11.5 Å². The number of carbonyl (C=O) groups is 1. The van der Waals surface area contributed by atoms with E-state index in [-0.39, 0.29) is 18.9 Å². The summed E-state index contributed by atoms with van der Waals surface area (Å²) in [6, 6.07) is 3.59. The number of halogens is 1. The summed E-state index contributed by atoms with van der Waals surface area (Å²) in [6.45, 7) is 2.44. The van der Waals surface area contributed by atoms with Gasteiger partial charge in [0.1, 0.15) is 11.2 Å². The number of rotatable bonds is 2. The number of fused-ring (bicyclic) bond motifs is 4. The molecule has 2 aromatic rings. The number of hydrogen-bond acceptors (Lipinski definition) is 5. The Balaban J connectivity index is 1.50. The van der Waals surface area contributed by atoms with E-state index in [9.17, 15) is 4.79 Å². The molecule has 0 radical (unpaired) electrons. The van der Waals surface area contributed by atoms with Crippen molar-refractivity contribution in [3.05, 3.63) is 38.7 Å². The second-order valence-corrected chi connectivity index (χ2v) is 8.52. The number of nitrogens with one attached hydrogen (secondary N) is 2. The summed E-state index contributed by atoms with van der Waals surface area (Å²) in [4.78, 5) is 14.2. The topological polar surface area (TPSA) is 59.6 Å². The normalized spacial score (nSPS) is 23.1. The molecule has 1 aromatic heterocycles. The minimum Gasteiger partial charge on any atom is -0.454 e. The lowest BCUT2D eigenvalue weighted by molar-refractivity contribution is 0.0935. The van der Waals surface area contributed by atoms with Crippen molar-refractivity contribution in [1.29, 1.82) is 0 Å². The zero-order valence-electron chi connectivity index (χ0n) is 14.4. The van der Waals surface area contributed by atoms with E-state index in [2.05, 4.69) is 17.6 Å². The molecule has 0 bridgehead atoms. The number of ether oxygens (including phenoxy) is 2. The molecular formula is C19H19ClN2O3S. The maximum atomic E-state index is 12.9. The first-order valence-electron chi connectivity index (χ1n) is 8.95. The summed E-state index contributed by atoms with van der Waals surface area (Å²) in [5, 5.41) is 8.03. The molecule has 0 saturated carbocycles. The van der Waals surface area contributed by atoms with Crippen LogP contribution in [0.25, 0.3) is 0 Å². The standard InChI is InChI=1S/C19H19ClN2O3S/c1-2-9-3-4-10-15(5-9)26-19-16(10)18(23)21-17(22-19)11-6-13-14(7-12(11)20)25-8-24-13/h6-7,9,17,22H,2-5,8H2,1H3,(H,21,23). The zero-order chi connectivity index (χ0) is 17.8. The summed E-state index contributed by atoms with van der Waals surface area (Å²) in [7, 11) is 0. The van der Waals surface area contributed by atoms with Crippen molar-refractivity contribution in [3.8, 4) is 11.5 Å². The van der Waals surface area contributed by atoms with Crippen LogP contribution in [0.1, 0.15) is 52.3 Å². The van der Waals surface area contributed by atoms with Crippen LogP contribution in [0.2, 0.25) is 5.02 Å². The highest BCUT2D eigenvalue weighted by Crippen LogP contribution is 2.45. The van der Waals surface area contributed by atoms with Gasteiger partial charge in [0.25, 0.3) is 5.91 Å². The third kappa shape index (κ3) is 2.47. The third-order valence-electron chi connectivity index (χ3n) is 5.53. The molecule has 0 spiro atoms. The van der Waals surface area contributed by atoms with Crippen molar-refractivity contribution in [1.82, 2.24) is 5.32 Å². The highest BCUT2D eigenvalue weighted by molar-refractivity contribution is 7.16. The van der Waals surface area contributed by atoms with E-state index in [0.29, 0.717) is 16.5 Å². The summed E-state index contributed by atoms with van der Waals surface area (Å²) in [5.41, 5.74) is 2.84. The molecule has 0 fully saturated rings. The minimum absolute atomic E-state index is 0.0232. The van der Waals surface area contributed by atoms with Gasteiger partial charge in [0.2, 0.25) is 6.79 Å². The second-order valence-electron chi connectivity index (χ2n) is 7.00. The summed E-state index contributed by atoms with van der Waals surface area (Å²) in [6.07, 6.45) is 4.05. The van der Waals surface area contributed by atoms with Crippen LogP contribution in [0.3, 0.4) is 0 Å². The molecule has 5 rings (SSSR count). The molecule has 1 aliphatic carbocycles. The number of anilines is 1. The monoisotopic (exact) mass is 390 g/mol. The van der Waals surface area contributed by atoms with Gasteiger partial charge >= 0.3 is 0 Å². The quantitative estimate of drug-likeness (QED) is 0.792. The predicted molar refractivity (Wildman–Crippen MR) is 102 cm³/mol. The average molecular weight is 391 g/mol. The van der Waals surface area contributed by atoms with E-state index < -0.39 is 0 Å². The van der Waals surface area contributed by atoms with Gasteiger partial charge in [-0.2, -0.15) is 0 Å². The van der Waals surface area contributed by atoms with E-state index in [0.717, 1.165) is 41.3 Å². The maximum absolute atomic E-state index is 12.9. The minimum atomic E-state index is -0.376. The summed E-state index contributed by atoms with van der Waals surface area (Å²) >= 11 is 8.15. The Morgan fingerprint density at radius 2 is 2.08 bits per heavy atom. The zero-order valence-corrected chi connectivity index (χ0v) is 15.9. The molecule has 2 atom stereocenters. The number of benzene rings is 1. The lowest BCUT2D eigenvalue weighted by Gasteiger charge is -2.28. The lowest BCUT2D eigenvalue weighted by atomic mass is 9.85. The van der Waals surface area contributed by atoms with Gasteiger partial charge < -0.3 is 20.1 Å². The number of amides is 1. The van der Waals surface area contributed by atoms with Gasteiger partial charge in [-0.3, -0.25) is 4.79 Å². The van der Waals surface area contributed by atoms with Gasteiger partial charge in [0, 0.05) is 16.5 Å². The van der Waals surface area contributed by atoms with Gasteiger partial charge in [-0.05, 0) is 36.8 Å². The Morgan fingerprint density at radius 1 is 1.27 bits per heavy atom. The summed E-state index contributed by atoms with van der Waals surface area (Å²) < 4.78 is 10.8. The van der Waals surface area contributed by atoms with Crippen LogP contribution >= 0.6 is 22.9 Å². The fourth-order valence-electron chi connectivity index (χ4n) is 4.02. The van der Waals surface area contributed by atoms with Crippen molar-refractivity contribution in [2.75, 3.05) is 12.1 Å². The molecule has 1 amide bonds. The van der Waals surface area contributed by atoms with Crippen molar-refractivity contribution in [2.24, 2.45) is 5.92 Å². The Hall–Kier alpha value is -1.92. The summed E-state index contributed by atoms with van der Waals surface area (Å²) in [5.74, 6) is 2.00. The number of thiophene rings is 1. The van der Waals surface area contributed by atoms with E-state index in [1.165, 1.54) is 16.9 Å². The fraction of sp³-hybridized carbons (Fsp3) is 0.421. The molecule has 26 heavy (non-hydrogen) atoms. The van der Waals surface area contributed by atoms with E-state index in [1.54, 1.807) is 17.4 Å². The Morgan fingerprint density at radius 3 is 2.88 bits per heavy atom. The van der Waals surface area contributed by atoms with Crippen LogP contribution < -0.4 is 20.1 Å². The van der Waals surface area contributed by atoms with Gasteiger partial charge in [-0.25, -0.2) is 0 Å². The molecule has 7 heteroatoms. The lowest BCUT2D eigenvalue weighted by Crippen LogP contribution is -2.38. The smallest absolute Gasteiger partial charge is 0.256 e. The highest BCUT2D eigenvalue weighted by atomic mass is 35.5. The number of hydrogen-bond donors (Lipinski definition) is 2. The molecule has 2 N–H and O–H groups in total. The Bertz CT molecular complexity index is 911. The Kier molecular flexibility index (Phi) is 3.79. The molecule has 0 saturated heterocycles. The van der Waals surface area contributed by atoms with Crippen LogP contribution in [0.15, 0.2) is 12.1 Å². The molecule has 2 unspecified atom stereocenters. The van der Waals surface area contributed by atoms with Gasteiger partial charge in [-0.1, -0.05) is 24.9 Å². The molecule has 3 aliphatic rings. The van der Waals surface area contributed by atoms with Crippen molar-refractivity contribution < 1.29 is 14.3 Å². The fourth-order valence-corrected chi connectivity index (χ4v) is 5.67. The van der Waals surface area contributed by atoms with Gasteiger partial charge in [-0.15, -0.1) is 11.3 Å². The van der Waals surface area contributed by atoms with Crippen LogP contribution in [0, 0.1) is 5.92 Å². The van der Waals surface area contributed by atoms with Crippen molar-refractivity contribution in [3.63, 3.8) is 0 Å². The van der Waals surface area contributed by atoms with Crippen molar-refractivity contribution in [2.45, 2.75) is 38.8 Å². The van der Waals surface area contributed by atoms with Crippen LogP contribution in [0.5, 0.6) is 11.5 Å². The maximum Gasteiger partial charge on any atom is 0.256 e. The van der Waals surface area contributed by atoms with Crippen LogP contribution in [0.4, 0.5) is 5.00 Å². The molecule has 3 heterocycles. The predicted octanol–water partition coefficient (Wildman–Crippen LogP) is 4.50. The third-order valence-corrected chi connectivity index (χ3v) is 7.04. The molecule has 136 valence electrons. The van der Waals surface area contributed by atoms with E-state index in [4.69, 9.17) is 21.1 Å². The van der Waals surface area contributed by atoms with Gasteiger partial charge in [0.05, 0.1) is 10.6 Å². The Labute approximate surface area is 160 Å². The molecule has 2 aliphatic heterocycles. The molecule has 5 nitrogen and oxygen atoms in total. The largest absolute Gasteiger partial charge is 0.454 e. The SMILES string of the molecule is CCC1CCc2c(sc3c2C(=O)NC(c2cc4c(cc2Cl)OCO4)N3)C1. The first-order chi connectivity index (χ1) is 12.6. The van der Waals surface area contributed by atoms with E-state index >= 15 is 0 Å². The first kappa shape index (κ1) is 16.3. The van der Waals surface area contributed by atoms with Crippen molar-refractivity contribution >= 4 is 33.8 Å². The molecule has 1 aromatic carbocycles. The molecular weight excluding hydrogens is 372 g/mol. The first-order valence-corrected chi connectivity index (χ1v) is 10.1. The second kappa shape index (κ2) is 6.06. The highest BCUT2D eigenvalue weighted by Gasteiger charge is 2.34. The average Bonchev–Trinajstić information content (AvgIpc) is 3.23. The van der Waals surface area contributed by atoms with E-state index in [1.807, 2.05) is 6.07 Å².